The Labute approximate surface area is 186 Å². The molecule has 1 heterocycles. The van der Waals surface area contributed by atoms with Gasteiger partial charge in [-0.2, -0.15) is 5.26 Å². The molecule has 170 valence electrons. The zero-order valence-electron chi connectivity index (χ0n) is 18.3. The summed E-state index contributed by atoms with van der Waals surface area (Å²) in [6, 6.07) is 2.37. The van der Waals surface area contributed by atoms with E-state index in [1.807, 2.05) is 19.9 Å². The molecule has 0 unspecified atom stereocenters. The van der Waals surface area contributed by atoms with E-state index in [1.165, 1.54) is 26.1 Å². The highest BCUT2D eigenvalue weighted by atomic mass is 32.3. The lowest BCUT2D eigenvalue weighted by Crippen LogP contribution is -2.44. The highest BCUT2D eigenvalue weighted by Crippen LogP contribution is 2.36. The smallest absolute Gasteiger partial charge is 0.330 e. The van der Waals surface area contributed by atoms with E-state index in [4.69, 9.17) is 5.14 Å². The van der Waals surface area contributed by atoms with Gasteiger partial charge in [-0.15, -0.1) is 11.3 Å². The second-order valence-corrected chi connectivity index (χ2v) is 11.7. The summed E-state index contributed by atoms with van der Waals surface area (Å²) in [5, 5.41) is 28.1. The minimum Gasteiger partial charge on any atom is -0.383 e. The van der Waals surface area contributed by atoms with Gasteiger partial charge in [0.2, 0.25) is 0 Å². The fourth-order valence-electron chi connectivity index (χ4n) is 2.97. The molecular weight excluding hydrogens is 441 g/mol. The van der Waals surface area contributed by atoms with Crippen molar-refractivity contribution in [1.82, 2.24) is 9.71 Å². The number of anilines is 1. The summed E-state index contributed by atoms with van der Waals surface area (Å²) in [5.74, 6) is -1.16. The van der Waals surface area contributed by atoms with E-state index in [-0.39, 0.29) is 32.9 Å². The number of thiazole rings is 1. The average Bonchev–Trinajstić information content (AvgIpc) is 3.12. The number of thiol groups is 1. The van der Waals surface area contributed by atoms with E-state index in [1.54, 1.807) is 13.8 Å². The van der Waals surface area contributed by atoms with Crippen LogP contribution in [0.2, 0.25) is 0 Å². The highest BCUT2D eigenvalue weighted by molar-refractivity contribution is 8.01. The van der Waals surface area contributed by atoms with E-state index in [0.29, 0.717) is 10.6 Å². The molecule has 8 nitrogen and oxygen atoms in total. The molecule has 11 heteroatoms. The van der Waals surface area contributed by atoms with Crippen LogP contribution in [0.5, 0.6) is 0 Å². The third-order valence-corrected chi connectivity index (χ3v) is 8.01. The molecular formula is C20H28FN5O3S2. The van der Waals surface area contributed by atoms with Crippen molar-refractivity contribution in [3.63, 3.8) is 0 Å². The van der Waals surface area contributed by atoms with Crippen LogP contribution in [-0.2, 0) is 15.9 Å². The Hall–Kier alpha value is -2.39. The van der Waals surface area contributed by atoms with Crippen molar-refractivity contribution in [2.45, 2.75) is 63.2 Å². The van der Waals surface area contributed by atoms with Crippen LogP contribution in [0.15, 0.2) is 16.5 Å². The predicted molar refractivity (Wildman–Crippen MR) is 121 cm³/mol. The summed E-state index contributed by atoms with van der Waals surface area (Å²) < 4.78 is 30.2. The first-order chi connectivity index (χ1) is 14.2. The second-order valence-electron chi connectivity index (χ2n) is 8.32. The number of aromatic nitrogens is 1. The molecule has 0 aliphatic heterocycles. The number of nitrogens with one attached hydrogen (secondary N) is 2. The molecule has 0 saturated carbocycles. The van der Waals surface area contributed by atoms with Crippen molar-refractivity contribution in [3.8, 4) is 6.07 Å². The number of halogens is 1. The monoisotopic (exact) mass is 469 g/mol. The molecule has 0 fully saturated rings. The summed E-state index contributed by atoms with van der Waals surface area (Å²) in [7, 11) is -3.85. The molecule has 0 aliphatic carbocycles. The number of nitriles is 1. The molecule has 0 radical (unpaired) electrons. The number of carbonyl (C=O) groups is 1. The summed E-state index contributed by atoms with van der Waals surface area (Å²) in [5.41, 5.74) is -0.367. The maximum absolute atomic E-state index is 14.9. The first-order valence-corrected chi connectivity index (χ1v) is 12.2. The third kappa shape index (κ3) is 5.46. The Bertz CT molecular complexity index is 1080. The Balaban J connectivity index is 2.41. The fraction of sp³-hybridized carbons (Fsp3) is 0.450. The summed E-state index contributed by atoms with van der Waals surface area (Å²) >= 11 is 0.931. The maximum atomic E-state index is 14.9. The molecule has 0 aliphatic rings. The minimum absolute atomic E-state index is 0.105. The molecule has 0 saturated heterocycles. The quantitative estimate of drug-likeness (QED) is 0.411. The van der Waals surface area contributed by atoms with Gasteiger partial charge in [-0.05, 0) is 37.3 Å². The third-order valence-electron chi connectivity index (χ3n) is 4.50. The summed E-state index contributed by atoms with van der Waals surface area (Å²) in [4.78, 5) is 16.7. The van der Waals surface area contributed by atoms with Gasteiger partial charge in [0, 0.05) is 15.9 Å². The van der Waals surface area contributed by atoms with Crippen molar-refractivity contribution < 1.29 is 18.5 Å². The number of hydrogen-bond donors (Lipinski definition) is 5. The number of nitrogens with two attached hydrogens (primary N) is 1. The van der Waals surface area contributed by atoms with Crippen molar-refractivity contribution >= 4 is 33.4 Å². The van der Waals surface area contributed by atoms with Crippen molar-refractivity contribution in [1.29, 1.82) is 5.26 Å². The molecule has 2 rings (SSSR count). The fourth-order valence-corrected chi connectivity index (χ4v) is 5.26. The Morgan fingerprint density at radius 1 is 1.35 bits per heavy atom. The van der Waals surface area contributed by atoms with Crippen LogP contribution in [0.25, 0.3) is 0 Å². The Morgan fingerprint density at radius 3 is 2.42 bits per heavy atom. The van der Waals surface area contributed by atoms with E-state index >= 15 is 0 Å². The van der Waals surface area contributed by atoms with E-state index in [0.717, 1.165) is 11.3 Å². The van der Waals surface area contributed by atoms with E-state index in [9.17, 15) is 23.8 Å². The molecule has 31 heavy (non-hydrogen) atoms. The van der Waals surface area contributed by atoms with Crippen LogP contribution in [0.4, 0.5) is 14.9 Å². The number of rotatable bonds is 6. The zero-order valence-corrected chi connectivity index (χ0v) is 20.0. The lowest BCUT2D eigenvalue weighted by atomic mass is 9.90. The normalized spacial score (nSPS) is 12.7. The van der Waals surface area contributed by atoms with Gasteiger partial charge in [-0.3, -0.25) is 9.86 Å². The molecule has 1 aromatic carbocycles. The molecule has 0 spiro atoms. The zero-order chi connectivity index (χ0) is 23.7. The standard InChI is InChI=1S/C20H28FN5O3S2/c1-10(2)13-7-12(8-22)16(21)15(11(3)4)17(13)25-19(27)26-31(23,29)14-9-24-18(30-14)20(5,6)28/h7,9-11,28,31H,1-6H3,(H4,23,25,26,27,29). The molecule has 0 atom stereocenters. The van der Waals surface area contributed by atoms with Crippen LogP contribution in [0.1, 0.15) is 75.1 Å². The number of hydrogen-bond acceptors (Lipinski definition) is 6. The first-order valence-electron chi connectivity index (χ1n) is 9.62. The minimum atomic E-state index is -3.85. The molecule has 2 amide bonds. The van der Waals surface area contributed by atoms with Gasteiger partial charge >= 0.3 is 6.03 Å². The Morgan fingerprint density at radius 2 is 1.97 bits per heavy atom. The topological polar surface area (TPSA) is 141 Å². The molecule has 1 aromatic heterocycles. The highest BCUT2D eigenvalue weighted by Gasteiger charge is 2.27. The molecule has 5 N–H and O–H groups in total. The number of amides is 2. The van der Waals surface area contributed by atoms with Crippen molar-refractivity contribution in [3.05, 3.63) is 39.8 Å². The van der Waals surface area contributed by atoms with Gasteiger partial charge in [0.25, 0.3) is 0 Å². The first kappa shape index (κ1) is 24.9. The Kier molecular flexibility index (Phi) is 7.22. The number of benzene rings is 1. The lowest BCUT2D eigenvalue weighted by molar-refractivity contribution is 0.0783. The van der Waals surface area contributed by atoms with E-state index in [2.05, 4.69) is 15.0 Å². The van der Waals surface area contributed by atoms with Crippen LogP contribution < -0.4 is 15.2 Å². The maximum Gasteiger partial charge on any atom is 0.330 e. The summed E-state index contributed by atoms with van der Waals surface area (Å²) in [6.07, 6.45) is 1.25. The second kappa shape index (κ2) is 9.00. The van der Waals surface area contributed by atoms with Gasteiger partial charge in [0.15, 0.2) is 0 Å². The van der Waals surface area contributed by atoms with Crippen LogP contribution in [-0.4, -0.2) is 20.3 Å². The van der Waals surface area contributed by atoms with Gasteiger partial charge in [0.05, 0.1) is 17.4 Å². The van der Waals surface area contributed by atoms with Gasteiger partial charge in [-0.1, -0.05) is 27.7 Å². The number of aliphatic hydroxyl groups is 1. The summed E-state index contributed by atoms with van der Waals surface area (Å²) in [6.45, 7) is 10.2. The van der Waals surface area contributed by atoms with Crippen LogP contribution in [0.3, 0.4) is 0 Å². The van der Waals surface area contributed by atoms with E-state index < -0.39 is 27.8 Å². The molecule has 2 aromatic rings. The van der Waals surface area contributed by atoms with Crippen LogP contribution in [0, 0.1) is 17.1 Å². The lowest BCUT2D eigenvalue weighted by Gasteiger charge is -2.24. The molecule has 0 bridgehead atoms. The van der Waals surface area contributed by atoms with Crippen molar-refractivity contribution in [2.24, 2.45) is 5.14 Å². The predicted octanol–water partition coefficient (Wildman–Crippen LogP) is 3.61. The average molecular weight is 470 g/mol. The van der Waals surface area contributed by atoms with Gasteiger partial charge < -0.3 is 10.4 Å². The van der Waals surface area contributed by atoms with Gasteiger partial charge in [-0.25, -0.2) is 18.4 Å². The largest absolute Gasteiger partial charge is 0.383 e. The number of carbonyl (C=O) groups excluding carboxylic acids is 1. The van der Waals surface area contributed by atoms with Gasteiger partial charge in [0.1, 0.15) is 26.7 Å². The number of nitrogens with zero attached hydrogens (tertiary/aromatic N) is 2. The van der Waals surface area contributed by atoms with Crippen LogP contribution >= 0.6 is 11.3 Å². The van der Waals surface area contributed by atoms with Crippen molar-refractivity contribution in [2.75, 3.05) is 5.32 Å². The SMILES string of the molecule is CC(C)c1cc(C#N)c(F)c(C(C)C)c1NC(=O)N[SH](N)(=O)c1cnc(C(C)(C)O)s1. The number of urea groups is 1.